The van der Waals surface area contributed by atoms with E-state index in [9.17, 15) is 9.59 Å². The Morgan fingerprint density at radius 1 is 0.966 bits per heavy atom. The number of hydrogen-bond acceptors (Lipinski definition) is 3. The number of amides is 2. The number of piperidine rings is 1. The first-order valence-electron chi connectivity index (χ1n) is 9.87. The number of nitrogens with one attached hydrogen (secondary N) is 1. The van der Waals surface area contributed by atoms with Gasteiger partial charge in [0.05, 0.1) is 5.52 Å². The summed E-state index contributed by atoms with van der Waals surface area (Å²) in [6.07, 6.45) is 6.73. The van der Waals surface area contributed by atoms with E-state index in [1.54, 1.807) is 24.4 Å². The molecule has 0 aliphatic carbocycles. The van der Waals surface area contributed by atoms with Crippen molar-refractivity contribution in [2.45, 2.75) is 18.9 Å². The summed E-state index contributed by atoms with van der Waals surface area (Å²) in [5.41, 5.74) is 2.49. The van der Waals surface area contributed by atoms with Crippen molar-refractivity contribution >= 4 is 28.8 Å². The lowest BCUT2D eigenvalue weighted by Gasteiger charge is -2.31. The van der Waals surface area contributed by atoms with Crippen molar-refractivity contribution < 1.29 is 9.59 Å². The molecule has 0 unspecified atom stereocenters. The van der Waals surface area contributed by atoms with E-state index in [-0.39, 0.29) is 17.9 Å². The zero-order chi connectivity index (χ0) is 20.1. The lowest BCUT2D eigenvalue weighted by atomic mass is 10.0. The highest BCUT2D eigenvalue weighted by atomic mass is 16.2. The molecule has 1 aromatic heterocycles. The molecule has 0 spiro atoms. The van der Waals surface area contributed by atoms with E-state index >= 15 is 0 Å². The van der Waals surface area contributed by atoms with Crippen molar-refractivity contribution in [3.63, 3.8) is 0 Å². The zero-order valence-electron chi connectivity index (χ0n) is 16.1. The lowest BCUT2D eigenvalue weighted by Crippen LogP contribution is -2.46. The summed E-state index contributed by atoms with van der Waals surface area (Å²) in [6, 6.07) is 19.2. The number of benzene rings is 2. The van der Waals surface area contributed by atoms with Gasteiger partial charge in [0.2, 0.25) is 5.91 Å². The highest BCUT2D eigenvalue weighted by Crippen LogP contribution is 2.18. The Morgan fingerprint density at radius 3 is 2.52 bits per heavy atom. The largest absolute Gasteiger partial charge is 0.349 e. The molecule has 0 bridgehead atoms. The van der Waals surface area contributed by atoms with Crippen molar-refractivity contribution in [1.82, 2.24) is 15.2 Å². The molecule has 3 aromatic rings. The first-order chi connectivity index (χ1) is 14.2. The van der Waals surface area contributed by atoms with Crippen LogP contribution in [0.2, 0.25) is 0 Å². The minimum absolute atomic E-state index is 0.00855. The van der Waals surface area contributed by atoms with Gasteiger partial charge in [0.25, 0.3) is 5.91 Å². The standard InChI is InChI=1S/C24H23N3O2/c28-22(12-11-19-9-4-8-18-10-5-15-25-23(18)19)27-16-13-21(14-17-27)26-24(29)20-6-2-1-3-7-20/h1-12,15,21H,13-14,16-17H2,(H,26,29)/b12-11+. The monoisotopic (exact) mass is 385 g/mol. The number of nitrogens with zero attached hydrogens (tertiary/aromatic N) is 2. The molecule has 2 amide bonds. The molecule has 2 aromatic carbocycles. The third kappa shape index (κ3) is 4.51. The molecule has 29 heavy (non-hydrogen) atoms. The van der Waals surface area contributed by atoms with Gasteiger partial charge in [0.1, 0.15) is 0 Å². The van der Waals surface area contributed by atoms with Gasteiger partial charge < -0.3 is 10.2 Å². The van der Waals surface area contributed by atoms with Gasteiger partial charge in [-0.15, -0.1) is 0 Å². The van der Waals surface area contributed by atoms with Crippen molar-refractivity contribution in [3.8, 4) is 0 Å². The van der Waals surface area contributed by atoms with Crippen LogP contribution in [0.15, 0.2) is 72.9 Å². The highest BCUT2D eigenvalue weighted by molar-refractivity contribution is 5.96. The molecule has 1 aliphatic heterocycles. The number of carbonyl (C=O) groups excluding carboxylic acids is 2. The molecule has 0 radical (unpaired) electrons. The van der Waals surface area contributed by atoms with Gasteiger partial charge in [0, 0.05) is 47.9 Å². The molecular formula is C24H23N3O2. The molecule has 1 saturated heterocycles. The summed E-state index contributed by atoms with van der Waals surface area (Å²) in [5.74, 6) is -0.0653. The Kier molecular flexibility index (Phi) is 5.66. The average Bonchev–Trinajstić information content (AvgIpc) is 2.78. The van der Waals surface area contributed by atoms with E-state index in [0.29, 0.717) is 18.7 Å². The number of para-hydroxylation sites is 1. The number of aromatic nitrogens is 1. The second-order valence-corrected chi connectivity index (χ2v) is 7.19. The summed E-state index contributed by atoms with van der Waals surface area (Å²) in [6.45, 7) is 1.27. The van der Waals surface area contributed by atoms with E-state index in [1.165, 1.54) is 0 Å². The average molecular weight is 385 g/mol. The first kappa shape index (κ1) is 18.9. The quantitative estimate of drug-likeness (QED) is 0.697. The van der Waals surface area contributed by atoms with Crippen LogP contribution in [0.3, 0.4) is 0 Å². The summed E-state index contributed by atoms with van der Waals surface area (Å²) in [4.78, 5) is 31.1. The van der Waals surface area contributed by atoms with Gasteiger partial charge in [-0.3, -0.25) is 14.6 Å². The second-order valence-electron chi connectivity index (χ2n) is 7.19. The molecule has 5 nitrogen and oxygen atoms in total. The van der Waals surface area contributed by atoms with Crippen LogP contribution in [0, 0.1) is 0 Å². The van der Waals surface area contributed by atoms with Gasteiger partial charge in [-0.2, -0.15) is 0 Å². The number of carbonyl (C=O) groups is 2. The van der Waals surface area contributed by atoms with Gasteiger partial charge >= 0.3 is 0 Å². The first-order valence-corrected chi connectivity index (χ1v) is 9.87. The van der Waals surface area contributed by atoms with Gasteiger partial charge in [-0.25, -0.2) is 0 Å². The Morgan fingerprint density at radius 2 is 1.72 bits per heavy atom. The Hall–Kier alpha value is -3.47. The van der Waals surface area contributed by atoms with E-state index in [4.69, 9.17) is 0 Å². The maximum absolute atomic E-state index is 12.6. The maximum Gasteiger partial charge on any atom is 0.251 e. The number of fused-ring (bicyclic) bond motifs is 1. The molecule has 0 saturated carbocycles. The van der Waals surface area contributed by atoms with Crippen molar-refractivity contribution in [3.05, 3.63) is 84.1 Å². The molecule has 146 valence electrons. The van der Waals surface area contributed by atoms with Gasteiger partial charge in [-0.05, 0) is 37.1 Å². The third-order valence-electron chi connectivity index (χ3n) is 5.25. The van der Waals surface area contributed by atoms with Crippen LogP contribution < -0.4 is 5.32 Å². The predicted molar refractivity (Wildman–Crippen MR) is 114 cm³/mol. The normalized spacial score (nSPS) is 15.0. The summed E-state index contributed by atoms with van der Waals surface area (Å²) in [5, 5.41) is 4.12. The van der Waals surface area contributed by atoms with Crippen LogP contribution >= 0.6 is 0 Å². The van der Waals surface area contributed by atoms with Crippen molar-refractivity contribution in [1.29, 1.82) is 0 Å². The van der Waals surface area contributed by atoms with Crippen LogP contribution in [0.25, 0.3) is 17.0 Å². The fourth-order valence-electron chi connectivity index (χ4n) is 3.63. The van der Waals surface area contributed by atoms with Crippen LogP contribution in [0.1, 0.15) is 28.8 Å². The molecule has 2 heterocycles. The number of hydrogen-bond donors (Lipinski definition) is 1. The predicted octanol–water partition coefficient (Wildman–Crippen LogP) is 3.67. The fourth-order valence-corrected chi connectivity index (χ4v) is 3.63. The molecule has 0 atom stereocenters. The van der Waals surface area contributed by atoms with Crippen molar-refractivity contribution in [2.24, 2.45) is 0 Å². The molecule has 4 rings (SSSR count). The summed E-state index contributed by atoms with van der Waals surface area (Å²) in [7, 11) is 0. The van der Waals surface area contributed by atoms with E-state index in [2.05, 4.69) is 10.3 Å². The minimum atomic E-state index is -0.0567. The van der Waals surface area contributed by atoms with Gasteiger partial charge in [-0.1, -0.05) is 42.5 Å². The van der Waals surface area contributed by atoms with E-state index in [1.807, 2.05) is 59.5 Å². The topological polar surface area (TPSA) is 62.3 Å². The fraction of sp³-hybridized carbons (Fsp3) is 0.208. The Bertz CT molecular complexity index is 1030. The summed E-state index contributed by atoms with van der Waals surface area (Å²) < 4.78 is 0. The molecular weight excluding hydrogens is 362 g/mol. The van der Waals surface area contributed by atoms with Crippen LogP contribution in [-0.4, -0.2) is 40.8 Å². The van der Waals surface area contributed by atoms with Crippen LogP contribution in [0.5, 0.6) is 0 Å². The van der Waals surface area contributed by atoms with E-state index in [0.717, 1.165) is 29.3 Å². The third-order valence-corrected chi connectivity index (χ3v) is 5.25. The smallest absolute Gasteiger partial charge is 0.251 e. The minimum Gasteiger partial charge on any atom is -0.349 e. The van der Waals surface area contributed by atoms with Crippen molar-refractivity contribution in [2.75, 3.05) is 13.1 Å². The Labute approximate surface area is 170 Å². The molecule has 1 N–H and O–H groups in total. The number of pyridine rings is 1. The lowest BCUT2D eigenvalue weighted by molar-refractivity contribution is -0.126. The number of likely N-dealkylation sites (tertiary alicyclic amines) is 1. The number of rotatable bonds is 4. The zero-order valence-corrected chi connectivity index (χ0v) is 16.1. The molecule has 1 aliphatic rings. The second kappa shape index (κ2) is 8.69. The highest BCUT2D eigenvalue weighted by Gasteiger charge is 2.23. The van der Waals surface area contributed by atoms with E-state index < -0.39 is 0 Å². The molecule has 5 heteroatoms. The Balaban J connectivity index is 1.33. The maximum atomic E-state index is 12.6. The SMILES string of the molecule is O=C(NC1CCN(C(=O)/C=C/c2cccc3cccnc23)CC1)c1ccccc1. The summed E-state index contributed by atoms with van der Waals surface area (Å²) >= 11 is 0. The molecule has 1 fully saturated rings. The van der Waals surface area contributed by atoms with Crippen LogP contribution in [-0.2, 0) is 4.79 Å². The van der Waals surface area contributed by atoms with Crippen LogP contribution in [0.4, 0.5) is 0 Å². The van der Waals surface area contributed by atoms with Gasteiger partial charge in [0.15, 0.2) is 0 Å².